The average molecular weight is 260 g/mol. The maximum absolute atomic E-state index is 11.1. The molecule has 102 valence electrons. The van der Waals surface area contributed by atoms with E-state index < -0.39 is 0 Å². The number of likely N-dealkylation sites (tertiary alicyclic amines) is 1. The fourth-order valence-electron chi connectivity index (χ4n) is 3.47. The monoisotopic (exact) mass is 260 g/mol. The van der Waals surface area contributed by atoms with Crippen LogP contribution in [0.3, 0.4) is 0 Å². The predicted molar refractivity (Wildman–Crippen MR) is 73.0 cm³/mol. The molecular formula is C15H20N2O2. The second-order valence-corrected chi connectivity index (χ2v) is 5.58. The van der Waals surface area contributed by atoms with Crippen LogP contribution in [0.1, 0.15) is 36.9 Å². The average Bonchev–Trinajstić information content (AvgIpc) is 2.95. The molecule has 3 rings (SSSR count). The Morgan fingerprint density at radius 1 is 1.42 bits per heavy atom. The van der Waals surface area contributed by atoms with Gasteiger partial charge in [0.05, 0.1) is 0 Å². The van der Waals surface area contributed by atoms with Gasteiger partial charge in [0.15, 0.2) is 0 Å². The molecule has 0 bridgehead atoms. The molecule has 1 aromatic carbocycles. The lowest BCUT2D eigenvalue weighted by Crippen LogP contribution is -2.36. The van der Waals surface area contributed by atoms with Gasteiger partial charge in [-0.1, -0.05) is 12.1 Å². The quantitative estimate of drug-likeness (QED) is 0.849. The summed E-state index contributed by atoms with van der Waals surface area (Å²) < 4.78 is 0. The molecule has 4 heteroatoms. The number of nitrogens with zero attached hydrogens (tertiary/aromatic N) is 1. The lowest BCUT2D eigenvalue weighted by Gasteiger charge is -2.25. The highest BCUT2D eigenvalue weighted by Gasteiger charge is 2.34. The lowest BCUT2D eigenvalue weighted by atomic mass is 10.1. The minimum absolute atomic E-state index is 0.0521. The number of amides is 1. The first kappa shape index (κ1) is 12.5. The Morgan fingerprint density at radius 2 is 2.26 bits per heavy atom. The Morgan fingerprint density at radius 3 is 3.05 bits per heavy atom. The normalized spacial score (nSPS) is 26.4. The van der Waals surface area contributed by atoms with Crippen LogP contribution < -0.4 is 5.32 Å². The number of phenols is 1. The van der Waals surface area contributed by atoms with Crippen molar-refractivity contribution in [3.8, 4) is 5.75 Å². The zero-order chi connectivity index (χ0) is 13.4. The predicted octanol–water partition coefficient (Wildman–Crippen LogP) is 1.59. The van der Waals surface area contributed by atoms with E-state index >= 15 is 0 Å². The summed E-state index contributed by atoms with van der Waals surface area (Å²) in [5.41, 5.74) is 2.37. The van der Waals surface area contributed by atoms with Crippen LogP contribution in [-0.4, -0.2) is 35.0 Å². The van der Waals surface area contributed by atoms with Crippen molar-refractivity contribution in [2.24, 2.45) is 0 Å². The van der Waals surface area contributed by atoms with E-state index in [1.807, 2.05) is 6.07 Å². The Bertz CT molecular complexity index is 501. The van der Waals surface area contributed by atoms with Crippen molar-refractivity contribution in [1.29, 1.82) is 0 Å². The highest BCUT2D eigenvalue weighted by atomic mass is 16.3. The van der Waals surface area contributed by atoms with Crippen molar-refractivity contribution < 1.29 is 9.90 Å². The fraction of sp³-hybridized carbons (Fsp3) is 0.533. The molecule has 19 heavy (non-hydrogen) atoms. The summed E-state index contributed by atoms with van der Waals surface area (Å²) in [5.74, 6) is 0.480. The number of benzene rings is 1. The summed E-state index contributed by atoms with van der Waals surface area (Å²) in [6.07, 6.45) is 3.04. The van der Waals surface area contributed by atoms with Crippen molar-refractivity contribution in [2.75, 3.05) is 13.1 Å². The second-order valence-electron chi connectivity index (χ2n) is 5.58. The summed E-state index contributed by atoms with van der Waals surface area (Å²) in [7, 11) is 0. The van der Waals surface area contributed by atoms with Gasteiger partial charge >= 0.3 is 0 Å². The molecule has 1 heterocycles. The smallest absolute Gasteiger partial charge is 0.217 e. The number of carbonyl (C=O) groups is 1. The molecule has 1 amide bonds. The number of rotatable bonds is 2. The molecule has 1 aliphatic carbocycles. The lowest BCUT2D eigenvalue weighted by molar-refractivity contribution is -0.119. The van der Waals surface area contributed by atoms with E-state index in [9.17, 15) is 9.90 Å². The van der Waals surface area contributed by atoms with Crippen molar-refractivity contribution >= 4 is 5.91 Å². The van der Waals surface area contributed by atoms with Gasteiger partial charge in [-0.15, -0.1) is 0 Å². The van der Waals surface area contributed by atoms with E-state index in [1.54, 1.807) is 13.0 Å². The Balaban J connectivity index is 1.73. The standard InChI is InChI=1S/C15H20N2O2/c1-10(18)16-11-7-8-17(9-11)14-6-5-13-12(14)3-2-4-15(13)19/h2-4,11,14,19H,5-9H2,1H3,(H,16,18). The molecule has 0 saturated carbocycles. The van der Waals surface area contributed by atoms with E-state index in [-0.39, 0.29) is 11.9 Å². The van der Waals surface area contributed by atoms with Gasteiger partial charge in [0.1, 0.15) is 5.75 Å². The first-order valence-corrected chi connectivity index (χ1v) is 6.97. The maximum Gasteiger partial charge on any atom is 0.217 e. The summed E-state index contributed by atoms with van der Waals surface area (Å²) in [6.45, 7) is 3.51. The molecule has 2 unspecified atom stereocenters. The number of hydrogen-bond acceptors (Lipinski definition) is 3. The number of phenolic OH excluding ortho intramolecular Hbond substituents is 1. The van der Waals surface area contributed by atoms with Crippen LogP contribution in [-0.2, 0) is 11.2 Å². The molecule has 1 fully saturated rings. The molecule has 0 radical (unpaired) electrons. The first-order valence-electron chi connectivity index (χ1n) is 6.97. The minimum atomic E-state index is 0.0521. The third-order valence-electron chi connectivity index (χ3n) is 4.28. The van der Waals surface area contributed by atoms with Crippen molar-refractivity contribution in [1.82, 2.24) is 10.2 Å². The molecule has 4 nitrogen and oxygen atoms in total. The van der Waals surface area contributed by atoms with Gasteiger partial charge in [-0.25, -0.2) is 0 Å². The molecule has 2 N–H and O–H groups in total. The van der Waals surface area contributed by atoms with Crippen LogP contribution in [0.5, 0.6) is 5.75 Å². The zero-order valence-corrected chi connectivity index (χ0v) is 11.2. The number of carbonyl (C=O) groups excluding carboxylic acids is 1. The van der Waals surface area contributed by atoms with Crippen molar-refractivity contribution in [3.05, 3.63) is 29.3 Å². The summed E-state index contributed by atoms with van der Waals surface area (Å²) in [5, 5.41) is 12.9. The highest BCUT2D eigenvalue weighted by Crippen LogP contribution is 2.40. The summed E-state index contributed by atoms with van der Waals surface area (Å²) in [4.78, 5) is 13.5. The van der Waals surface area contributed by atoms with Crippen molar-refractivity contribution in [3.63, 3.8) is 0 Å². The van der Waals surface area contributed by atoms with E-state index in [2.05, 4.69) is 16.3 Å². The minimum Gasteiger partial charge on any atom is -0.508 e. The molecule has 0 spiro atoms. The summed E-state index contributed by atoms with van der Waals surface area (Å²) >= 11 is 0. The summed E-state index contributed by atoms with van der Waals surface area (Å²) in [6, 6.07) is 6.50. The highest BCUT2D eigenvalue weighted by molar-refractivity contribution is 5.73. The van der Waals surface area contributed by atoms with E-state index in [4.69, 9.17) is 0 Å². The van der Waals surface area contributed by atoms with Gasteiger partial charge in [-0.3, -0.25) is 9.69 Å². The topological polar surface area (TPSA) is 52.6 Å². The van der Waals surface area contributed by atoms with E-state index in [0.717, 1.165) is 37.9 Å². The molecule has 2 atom stereocenters. The SMILES string of the molecule is CC(=O)NC1CCN(C2CCc3c(O)cccc32)C1. The van der Waals surface area contributed by atoms with Crippen LogP contribution in [0.15, 0.2) is 18.2 Å². The molecule has 1 saturated heterocycles. The van der Waals surface area contributed by atoms with Crippen molar-refractivity contribution in [2.45, 2.75) is 38.3 Å². The van der Waals surface area contributed by atoms with Crippen LogP contribution in [0, 0.1) is 0 Å². The maximum atomic E-state index is 11.1. The first-order chi connectivity index (χ1) is 9.15. The molecule has 1 aliphatic heterocycles. The third kappa shape index (κ3) is 2.32. The Labute approximate surface area is 113 Å². The van der Waals surface area contributed by atoms with Crippen LogP contribution >= 0.6 is 0 Å². The number of nitrogens with one attached hydrogen (secondary N) is 1. The fourth-order valence-corrected chi connectivity index (χ4v) is 3.47. The van der Waals surface area contributed by atoms with E-state index in [1.165, 1.54) is 5.56 Å². The van der Waals surface area contributed by atoms with Gasteiger partial charge in [0.2, 0.25) is 5.91 Å². The third-order valence-corrected chi connectivity index (χ3v) is 4.28. The molecule has 2 aliphatic rings. The van der Waals surface area contributed by atoms with Gasteiger partial charge < -0.3 is 10.4 Å². The second kappa shape index (κ2) is 4.85. The largest absolute Gasteiger partial charge is 0.508 e. The van der Waals surface area contributed by atoms with Crippen LogP contribution in [0.25, 0.3) is 0 Å². The number of fused-ring (bicyclic) bond motifs is 1. The number of aromatic hydroxyl groups is 1. The molecule has 1 aromatic rings. The van der Waals surface area contributed by atoms with Gasteiger partial charge in [-0.05, 0) is 36.5 Å². The Kier molecular flexibility index (Phi) is 3.19. The van der Waals surface area contributed by atoms with Crippen LogP contribution in [0.2, 0.25) is 0 Å². The molecular weight excluding hydrogens is 240 g/mol. The molecule has 0 aromatic heterocycles. The van der Waals surface area contributed by atoms with Gasteiger partial charge in [0.25, 0.3) is 0 Å². The van der Waals surface area contributed by atoms with Gasteiger partial charge in [-0.2, -0.15) is 0 Å². The zero-order valence-electron chi connectivity index (χ0n) is 11.2. The van der Waals surface area contributed by atoms with E-state index in [0.29, 0.717) is 11.8 Å². The number of hydrogen-bond donors (Lipinski definition) is 2. The van der Waals surface area contributed by atoms with Crippen LogP contribution in [0.4, 0.5) is 0 Å². The van der Waals surface area contributed by atoms with Gasteiger partial charge in [0, 0.05) is 32.1 Å². The Hall–Kier alpha value is -1.55.